The molecule has 5 aromatic rings. The second-order valence-corrected chi connectivity index (χ2v) is 11.7. The maximum absolute atomic E-state index is 12.8. The van der Waals surface area contributed by atoms with E-state index in [0.29, 0.717) is 12.2 Å². The third-order valence-corrected chi connectivity index (χ3v) is 8.04. The smallest absolute Gasteiger partial charge is 0.271 e. The number of ether oxygens (including phenoxy) is 1. The van der Waals surface area contributed by atoms with Crippen molar-refractivity contribution in [3.8, 4) is 22.7 Å². The number of benzene rings is 4. The summed E-state index contributed by atoms with van der Waals surface area (Å²) in [5.41, 5.74) is 10.8. The van der Waals surface area contributed by atoms with Gasteiger partial charge >= 0.3 is 0 Å². The summed E-state index contributed by atoms with van der Waals surface area (Å²) < 4.78 is 10.2. The SMILES string of the molecule is Cc1ccc(COc2c(I)cc(/C=N/NC(=O)c3ccc(-n4c(C)ccc4-c4ccccc4)cc3)cc2I)cc1. The minimum Gasteiger partial charge on any atom is -0.487 e. The molecule has 40 heavy (non-hydrogen) atoms. The average molecular weight is 751 g/mol. The number of aromatic nitrogens is 1. The first-order valence-corrected chi connectivity index (χ1v) is 14.9. The lowest BCUT2D eigenvalue weighted by Crippen LogP contribution is -2.17. The van der Waals surface area contributed by atoms with Crippen LogP contribution in [0.3, 0.4) is 0 Å². The third kappa shape index (κ3) is 6.64. The zero-order valence-electron chi connectivity index (χ0n) is 22.1. The highest BCUT2D eigenvalue weighted by Gasteiger charge is 2.12. The first-order chi connectivity index (χ1) is 19.4. The summed E-state index contributed by atoms with van der Waals surface area (Å²) in [6.07, 6.45) is 1.65. The molecule has 0 fully saturated rings. The lowest BCUT2D eigenvalue weighted by atomic mass is 10.1. The monoisotopic (exact) mass is 751 g/mol. The maximum Gasteiger partial charge on any atom is 0.271 e. The van der Waals surface area contributed by atoms with E-state index in [9.17, 15) is 4.79 Å². The molecular weight excluding hydrogens is 724 g/mol. The molecule has 0 atom stereocenters. The Morgan fingerprint density at radius 1 is 0.875 bits per heavy atom. The van der Waals surface area contributed by atoms with Crippen LogP contribution in [0.15, 0.2) is 108 Å². The first-order valence-electron chi connectivity index (χ1n) is 12.7. The number of amides is 1. The van der Waals surface area contributed by atoms with E-state index in [2.05, 4.69) is 123 Å². The zero-order valence-corrected chi connectivity index (χ0v) is 26.4. The minimum atomic E-state index is -0.266. The van der Waals surface area contributed by atoms with Crippen molar-refractivity contribution in [1.82, 2.24) is 9.99 Å². The fourth-order valence-electron chi connectivity index (χ4n) is 4.34. The molecule has 7 heteroatoms. The van der Waals surface area contributed by atoms with Crippen molar-refractivity contribution in [1.29, 1.82) is 0 Å². The van der Waals surface area contributed by atoms with Crippen molar-refractivity contribution in [2.45, 2.75) is 20.5 Å². The average Bonchev–Trinajstić information content (AvgIpc) is 3.35. The summed E-state index contributed by atoms with van der Waals surface area (Å²) in [6, 6.07) is 34.3. The summed E-state index contributed by atoms with van der Waals surface area (Å²) in [6.45, 7) is 4.65. The van der Waals surface area contributed by atoms with Gasteiger partial charge in [0, 0.05) is 16.9 Å². The van der Waals surface area contributed by atoms with Gasteiger partial charge in [0.15, 0.2) is 0 Å². The predicted molar refractivity (Wildman–Crippen MR) is 178 cm³/mol. The van der Waals surface area contributed by atoms with Gasteiger partial charge in [0.1, 0.15) is 12.4 Å². The van der Waals surface area contributed by atoms with E-state index in [0.717, 1.165) is 46.7 Å². The van der Waals surface area contributed by atoms with E-state index in [1.807, 2.05) is 54.6 Å². The summed E-state index contributed by atoms with van der Waals surface area (Å²) in [5, 5.41) is 4.19. The lowest BCUT2D eigenvalue weighted by molar-refractivity contribution is 0.0955. The van der Waals surface area contributed by atoms with Crippen LogP contribution in [0.2, 0.25) is 0 Å². The van der Waals surface area contributed by atoms with Crippen molar-refractivity contribution >= 4 is 57.3 Å². The number of carbonyl (C=O) groups is 1. The zero-order chi connectivity index (χ0) is 28.1. The van der Waals surface area contributed by atoms with Gasteiger partial charge < -0.3 is 9.30 Å². The van der Waals surface area contributed by atoms with Gasteiger partial charge in [0.2, 0.25) is 0 Å². The number of hydrogen-bond donors (Lipinski definition) is 1. The molecule has 0 spiro atoms. The topological polar surface area (TPSA) is 55.6 Å². The molecule has 1 aromatic heterocycles. The van der Waals surface area contributed by atoms with Crippen LogP contribution in [-0.4, -0.2) is 16.7 Å². The molecule has 5 rings (SSSR count). The number of carbonyl (C=O) groups excluding carboxylic acids is 1. The quantitative estimate of drug-likeness (QED) is 0.0986. The van der Waals surface area contributed by atoms with Gasteiger partial charge in [-0.1, -0.05) is 60.2 Å². The van der Waals surface area contributed by atoms with Crippen molar-refractivity contribution in [3.05, 3.63) is 138 Å². The minimum absolute atomic E-state index is 0.266. The largest absolute Gasteiger partial charge is 0.487 e. The number of rotatable bonds is 8. The number of hydrazone groups is 1. The molecule has 0 unspecified atom stereocenters. The van der Waals surface area contributed by atoms with Crippen LogP contribution in [-0.2, 0) is 6.61 Å². The Kier molecular flexibility index (Phi) is 9.01. The maximum atomic E-state index is 12.8. The summed E-state index contributed by atoms with van der Waals surface area (Å²) in [7, 11) is 0. The molecule has 0 aliphatic carbocycles. The molecular formula is C33H27I2N3O2. The first kappa shape index (κ1) is 28.1. The van der Waals surface area contributed by atoms with E-state index in [1.165, 1.54) is 5.56 Å². The molecule has 0 bridgehead atoms. The van der Waals surface area contributed by atoms with Gasteiger partial charge in [0.05, 0.1) is 19.0 Å². The van der Waals surface area contributed by atoms with Gasteiger partial charge in [-0.15, -0.1) is 0 Å². The molecule has 5 nitrogen and oxygen atoms in total. The number of hydrogen-bond acceptors (Lipinski definition) is 3. The predicted octanol–water partition coefficient (Wildman–Crippen LogP) is 8.31. The normalized spacial score (nSPS) is 11.1. The number of nitrogens with zero attached hydrogens (tertiary/aromatic N) is 2. The number of nitrogens with one attached hydrogen (secondary N) is 1. The van der Waals surface area contributed by atoms with Crippen LogP contribution in [0.4, 0.5) is 0 Å². The molecule has 0 radical (unpaired) electrons. The van der Waals surface area contributed by atoms with Gasteiger partial charge in [0.25, 0.3) is 5.91 Å². The molecule has 200 valence electrons. The summed E-state index contributed by atoms with van der Waals surface area (Å²) in [4.78, 5) is 12.8. The summed E-state index contributed by atoms with van der Waals surface area (Å²) >= 11 is 4.54. The van der Waals surface area contributed by atoms with E-state index in [1.54, 1.807) is 6.21 Å². The van der Waals surface area contributed by atoms with E-state index < -0.39 is 0 Å². The fraction of sp³-hybridized carbons (Fsp3) is 0.0909. The molecule has 0 saturated carbocycles. The number of halogens is 2. The molecule has 0 saturated heterocycles. The number of aryl methyl sites for hydroxylation is 2. The Bertz CT molecular complexity index is 1640. The van der Waals surface area contributed by atoms with Crippen molar-refractivity contribution in [3.63, 3.8) is 0 Å². The van der Waals surface area contributed by atoms with Gasteiger partial charge in [-0.3, -0.25) is 4.79 Å². The Hall–Kier alpha value is -3.44. The molecule has 1 amide bonds. The van der Waals surface area contributed by atoms with Crippen molar-refractivity contribution < 1.29 is 9.53 Å². The fourth-order valence-corrected chi connectivity index (χ4v) is 6.47. The molecule has 1 N–H and O–H groups in total. The highest BCUT2D eigenvalue weighted by molar-refractivity contribution is 14.1. The lowest BCUT2D eigenvalue weighted by Gasteiger charge is -2.13. The van der Waals surface area contributed by atoms with Crippen LogP contribution < -0.4 is 10.2 Å². The molecule has 0 aliphatic heterocycles. The van der Waals surface area contributed by atoms with Crippen LogP contribution in [0.1, 0.15) is 32.7 Å². The van der Waals surface area contributed by atoms with Crippen LogP contribution in [0.5, 0.6) is 5.75 Å². The Morgan fingerprint density at radius 2 is 1.55 bits per heavy atom. The third-order valence-electron chi connectivity index (χ3n) is 6.44. The van der Waals surface area contributed by atoms with Crippen molar-refractivity contribution in [2.24, 2.45) is 5.10 Å². The molecule has 4 aromatic carbocycles. The Morgan fingerprint density at radius 3 is 2.23 bits per heavy atom. The van der Waals surface area contributed by atoms with Gasteiger partial charge in [-0.25, -0.2) is 5.43 Å². The van der Waals surface area contributed by atoms with Gasteiger partial charge in [-0.05, 0) is 124 Å². The second kappa shape index (κ2) is 12.8. The van der Waals surface area contributed by atoms with E-state index in [-0.39, 0.29) is 5.91 Å². The Labute approximate surface area is 261 Å². The van der Waals surface area contributed by atoms with Crippen molar-refractivity contribution in [2.75, 3.05) is 0 Å². The molecule has 0 aliphatic rings. The van der Waals surface area contributed by atoms with E-state index >= 15 is 0 Å². The van der Waals surface area contributed by atoms with E-state index in [4.69, 9.17) is 4.74 Å². The van der Waals surface area contributed by atoms with Gasteiger partial charge in [-0.2, -0.15) is 5.10 Å². The highest BCUT2D eigenvalue weighted by Crippen LogP contribution is 2.30. The van der Waals surface area contributed by atoms with Crippen LogP contribution >= 0.6 is 45.2 Å². The highest BCUT2D eigenvalue weighted by atomic mass is 127. The van der Waals surface area contributed by atoms with Crippen LogP contribution in [0.25, 0.3) is 16.9 Å². The molecule has 1 heterocycles. The standard InChI is InChI=1S/C33H27I2N3O2/c1-22-8-11-24(12-9-22)21-40-32-29(34)18-25(19-30(32)35)20-36-37-33(39)27-13-15-28(16-14-27)38-23(2)10-17-31(38)26-6-4-3-5-7-26/h3-20H,21H2,1-2H3,(H,37,39)/b36-20+. The second-order valence-electron chi connectivity index (χ2n) is 9.40. The Balaban J connectivity index is 1.23. The summed E-state index contributed by atoms with van der Waals surface area (Å²) in [5.74, 6) is 0.578. The van der Waals surface area contributed by atoms with Crippen LogP contribution in [0, 0.1) is 21.0 Å².